The van der Waals surface area contributed by atoms with E-state index in [2.05, 4.69) is 11.6 Å². The summed E-state index contributed by atoms with van der Waals surface area (Å²) in [6, 6.07) is 0. The number of nitrogens with zero attached hydrogens (tertiary/aromatic N) is 3. The van der Waals surface area contributed by atoms with E-state index in [-0.39, 0.29) is 19.1 Å². The van der Waals surface area contributed by atoms with Crippen LogP contribution in [0.15, 0.2) is 25.2 Å². The summed E-state index contributed by atoms with van der Waals surface area (Å²) in [5.41, 5.74) is 0. The van der Waals surface area contributed by atoms with Gasteiger partial charge in [0.15, 0.2) is 0 Å². The minimum Gasteiger partial charge on any atom is -0.499 e. The van der Waals surface area contributed by atoms with Crippen LogP contribution in [0.1, 0.15) is 0 Å². The topological polar surface area (TPSA) is 90.4 Å². The molecule has 1 aromatic rings. The summed E-state index contributed by atoms with van der Waals surface area (Å²) in [6.45, 7) is 3.41. The first kappa shape index (κ1) is 11.2. The largest absolute Gasteiger partial charge is 0.499 e. The molecule has 1 rings (SSSR count). The van der Waals surface area contributed by atoms with Gasteiger partial charge >= 0.3 is 5.95 Å². The van der Waals surface area contributed by atoms with Crippen molar-refractivity contribution in [2.45, 2.75) is 12.6 Å². The van der Waals surface area contributed by atoms with Crippen LogP contribution >= 0.6 is 0 Å². The zero-order valence-electron chi connectivity index (χ0n) is 7.94. The maximum absolute atomic E-state index is 10.5. The summed E-state index contributed by atoms with van der Waals surface area (Å²) in [6.07, 6.45) is 3.09. The van der Waals surface area contributed by atoms with E-state index in [4.69, 9.17) is 4.74 Å². The van der Waals surface area contributed by atoms with Crippen LogP contribution in [0.2, 0.25) is 0 Å². The van der Waals surface area contributed by atoms with E-state index in [1.165, 1.54) is 23.2 Å². The van der Waals surface area contributed by atoms with Crippen LogP contribution in [0.5, 0.6) is 0 Å². The molecule has 0 spiro atoms. The Bertz CT molecular complexity index is 349. The third-order valence-electron chi connectivity index (χ3n) is 1.67. The molecule has 7 nitrogen and oxygen atoms in total. The number of hydrogen-bond acceptors (Lipinski definition) is 5. The minimum absolute atomic E-state index is 0.0405. The summed E-state index contributed by atoms with van der Waals surface area (Å²) in [4.78, 5) is 13.4. The molecule has 0 aliphatic heterocycles. The van der Waals surface area contributed by atoms with E-state index in [1.54, 1.807) is 0 Å². The standard InChI is InChI=1S/C8H11N3O4/c1-2-15-6-7(12)5-10-4-3-9-8(10)11(13)14/h2-4,7,12H,1,5-6H2. The second-order valence-electron chi connectivity index (χ2n) is 2.79. The lowest BCUT2D eigenvalue weighted by atomic mass is 10.4. The molecule has 0 aliphatic carbocycles. The van der Waals surface area contributed by atoms with E-state index in [0.717, 1.165) is 0 Å². The maximum Gasteiger partial charge on any atom is 0.434 e. The van der Waals surface area contributed by atoms with Crippen LogP contribution < -0.4 is 0 Å². The summed E-state index contributed by atoms with van der Waals surface area (Å²) >= 11 is 0. The highest BCUT2D eigenvalue weighted by Gasteiger charge is 2.17. The predicted molar refractivity (Wildman–Crippen MR) is 51.0 cm³/mol. The van der Waals surface area contributed by atoms with Crippen molar-refractivity contribution in [3.05, 3.63) is 35.3 Å². The van der Waals surface area contributed by atoms with Crippen LogP contribution in [0.3, 0.4) is 0 Å². The Labute approximate surface area is 85.8 Å². The van der Waals surface area contributed by atoms with Gasteiger partial charge in [-0.1, -0.05) is 11.6 Å². The van der Waals surface area contributed by atoms with Gasteiger partial charge in [-0.2, -0.15) is 0 Å². The lowest BCUT2D eigenvalue weighted by Crippen LogP contribution is -2.21. The van der Waals surface area contributed by atoms with Crippen molar-refractivity contribution in [3.8, 4) is 0 Å². The molecule has 1 heterocycles. The van der Waals surface area contributed by atoms with Gasteiger partial charge in [0.05, 0.1) is 6.26 Å². The molecule has 0 aliphatic rings. The van der Waals surface area contributed by atoms with E-state index >= 15 is 0 Å². The fourth-order valence-corrected chi connectivity index (χ4v) is 1.07. The normalized spacial score (nSPS) is 12.1. The SMILES string of the molecule is C=COCC(O)Cn1ccnc1[N+](=O)[O-]. The average Bonchev–Trinajstić information content (AvgIpc) is 2.62. The van der Waals surface area contributed by atoms with Gasteiger partial charge in [-0.3, -0.25) is 0 Å². The first-order valence-corrected chi connectivity index (χ1v) is 4.21. The molecule has 1 unspecified atom stereocenters. The lowest BCUT2D eigenvalue weighted by molar-refractivity contribution is -0.397. The number of hydrogen-bond donors (Lipinski definition) is 1. The van der Waals surface area contributed by atoms with Gasteiger partial charge in [-0.05, 0) is 4.92 Å². The van der Waals surface area contributed by atoms with Crippen LogP contribution in [0, 0.1) is 10.1 Å². The number of rotatable bonds is 6. The van der Waals surface area contributed by atoms with Gasteiger partial charge in [-0.25, -0.2) is 4.57 Å². The molecule has 15 heavy (non-hydrogen) atoms. The van der Waals surface area contributed by atoms with Gasteiger partial charge in [0.2, 0.25) is 0 Å². The molecule has 1 atom stereocenters. The zero-order valence-corrected chi connectivity index (χ0v) is 7.94. The van der Waals surface area contributed by atoms with E-state index < -0.39 is 11.0 Å². The quantitative estimate of drug-likeness (QED) is 0.417. The highest BCUT2D eigenvalue weighted by atomic mass is 16.6. The van der Waals surface area contributed by atoms with Crippen molar-refractivity contribution in [3.63, 3.8) is 0 Å². The van der Waals surface area contributed by atoms with Crippen molar-refractivity contribution in [2.24, 2.45) is 0 Å². The van der Waals surface area contributed by atoms with Crippen LogP contribution in [-0.4, -0.2) is 32.3 Å². The highest BCUT2D eigenvalue weighted by Crippen LogP contribution is 2.08. The smallest absolute Gasteiger partial charge is 0.434 e. The molecule has 0 amide bonds. The molecule has 82 valence electrons. The Morgan fingerprint density at radius 2 is 2.60 bits per heavy atom. The van der Waals surface area contributed by atoms with Crippen LogP contribution in [-0.2, 0) is 11.3 Å². The van der Waals surface area contributed by atoms with Crippen molar-refractivity contribution in [1.82, 2.24) is 9.55 Å². The first-order valence-electron chi connectivity index (χ1n) is 4.21. The maximum atomic E-state index is 10.5. The number of aliphatic hydroxyl groups excluding tert-OH is 1. The summed E-state index contributed by atoms with van der Waals surface area (Å²) in [5, 5.41) is 19.9. The Morgan fingerprint density at radius 3 is 3.20 bits per heavy atom. The van der Waals surface area contributed by atoms with Crippen molar-refractivity contribution < 1.29 is 14.8 Å². The van der Waals surface area contributed by atoms with Crippen molar-refractivity contribution in [1.29, 1.82) is 0 Å². The number of imidazole rings is 1. The van der Waals surface area contributed by atoms with Gasteiger partial charge in [0.1, 0.15) is 31.6 Å². The van der Waals surface area contributed by atoms with Gasteiger partial charge in [-0.15, -0.1) is 0 Å². The van der Waals surface area contributed by atoms with Crippen molar-refractivity contribution >= 4 is 5.95 Å². The van der Waals surface area contributed by atoms with Gasteiger partial charge < -0.3 is 20.0 Å². The number of ether oxygens (including phenoxy) is 1. The van der Waals surface area contributed by atoms with E-state index in [9.17, 15) is 15.2 Å². The summed E-state index contributed by atoms with van der Waals surface area (Å²) in [7, 11) is 0. The second kappa shape index (κ2) is 5.11. The molecule has 0 radical (unpaired) electrons. The molecule has 0 aromatic carbocycles. The van der Waals surface area contributed by atoms with Gasteiger partial charge in [0.25, 0.3) is 0 Å². The van der Waals surface area contributed by atoms with Gasteiger partial charge in [0, 0.05) is 0 Å². The number of aromatic nitrogens is 2. The summed E-state index contributed by atoms with van der Waals surface area (Å²) < 4.78 is 6.00. The highest BCUT2D eigenvalue weighted by molar-refractivity contribution is 5.06. The fraction of sp³-hybridized carbons (Fsp3) is 0.375. The molecule has 7 heteroatoms. The molecule has 0 bridgehead atoms. The third kappa shape index (κ3) is 3.06. The fourth-order valence-electron chi connectivity index (χ4n) is 1.07. The van der Waals surface area contributed by atoms with E-state index in [1.807, 2.05) is 0 Å². The Kier molecular flexibility index (Phi) is 3.81. The Balaban J connectivity index is 2.59. The predicted octanol–water partition coefficient (Wildman–Crippen LogP) is 0.312. The molecule has 1 aromatic heterocycles. The van der Waals surface area contributed by atoms with Crippen molar-refractivity contribution in [2.75, 3.05) is 6.61 Å². The second-order valence-corrected chi connectivity index (χ2v) is 2.79. The first-order chi connectivity index (χ1) is 7.15. The Hall–Kier alpha value is -1.89. The molecule has 1 N–H and O–H groups in total. The van der Waals surface area contributed by atoms with Crippen LogP contribution in [0.25, 0.3) is 0 Å². The molecule has 0 fully saturated rings. The monoisotopic (exact) mass is 213 g/mol. The average molecular weight is 213 g/mol. The minimum atomic E-state index is -0.837. The third-order valence-corrected chi connectivity index (χ3v) is 1.67. The molecule has 0 saturated heterocycles. The number of aliphatic hydroxyl groups is 1. The summed E-state index contributed by atoms with van der Waals surface area (Å²) in [5.74, 6) is -0.298. The molecular formula is C8H11N3O4. The van der Waals surface area contributed by atoms with E-state index in [0.29, 0.717) is 0 Å². The zero-order chi connectivity index (χ0) is 11.3. The van der Waals surface area contributed by atoms with Crippen LogP contribution in [0.4, 0.5) is 5.95 Å². The number of nitro groups is 1. The lowest BCUT2D eigenvalue weighted by Gasteiger charge is -2.08. The molecular weight excluding hydrogens is 202 g/mol. The molecule has 0 saturated carbocycles. The Morgan fingerprint density at radius 1 is 1.87 bits per heavy atom.